The molecule has 27 heavy (non-hydrogen) atoms. The van der Waals surface area contributed by atoms with Crippen molar-refractivity contribution in [1.29, 1.82) is 0 Å². The fourth-order valence-electron chi connectivity index (χ4n) is 2.84. The zero-order chi connectivity index (χ0) is 19.7. The summed E-state index contributed by atoms with van der Waals surface area (Å²) in [4.78, 5) is 11.7. The molecule has 2 N–H and O–H groups in total. The Balaban J connectivity index is 2.27. The molecule has 1 atom stereocenters. The van der Waals surface area contributed by atoms with E-state index in [-0.39, 0.29) is 16.8 Å². The molecule has 140 valence electrons. The van der Waals surface area contributed by atoms with Crippen LogP contribution in [0.1, 0.15) is 18.7 Å². The standard InChI is InChI=1S/C20H17F2NO4/c1-11(24)17-9-18(25)19(26)10-23(17)13-4-6-20(27-2)15(8-13)14-7-12(21)3-5-16(14)22/h3-11,24,26H,1-2H3. The molecular weight excluding hydrogens is 356 g/mol. The summed E-state index contributed by atoms with van der Waals surface area (Å²) in [5.41, 5.74) is 0.292. The van der Waals surface area contributed by atoms with Crippen molar-refractivity contribution in [2.75, 3.05) is 7.11 Å². The minimum atomic E-state index is -1.00. The van der Waals surface area contributed by atoms with Crippen LogP contribution < -0.4 is 10.2 Å². The molecule has 3 aromatic rings. The van der Waals surface area contributed by atoms with Gasteiger partial charge in [-0.05, 0) is 43.3 Å². The first-order valence-corrected chi connectivity index (χ1v) is 8.09. The zero-order valence-corrected chi connectivity index (χ0v) is 14.6. The first kappa shape index (κ1) is 18.6. The minimum Gasteiger partial charge on any atom is -0.503 e. The lowest BCUT2D eigenvalue weighted by Crippen LogP contribution is -2.13. The molecular formula is C20H17F2NO4. The highest BCUT2D eigenvalue weighted by Crippen LogP contribution is 2.35. The van der Waals surface area contributed by atoms with Crippen molar-refractivity contribution in [2.45, 2.75) is 13.0 Å². The van der Waals surface area contributed by atoms with Gasteiger partial charge >= 0.3 is 0 Å². The number of aliphatic hydroxyl groups is 1. The van der Waals surface area contributed by atoms with Gasteiger partial charge in [0.25, 0.3) is 0 Å². The lowest BCUT2D eigenvalue weighted by molar-refractivity contribution is 0.191. The summed E-state index contributed by atoms with van der Waals surface area (Å²) in [6, 6.07) is 8.88. The van der Waals surface area contributed by atoms with Gasteiger partial charge < -0.3 is 19.5 Å². The highest BCUT2D eigenvalue weighted by molar-refractivity contribution is 5.73. The molecule has 5 nitrogen and oxygen atoms in total. The molecule has 0 amide bonds. The van der Waals surface area contributed by atoms with E-state index in [0.717, 1.165) is 30.5 Å². The number of aliphatic hydroxyl groups excluding tert-OH is 1. The van der Waals surface area contributed by atoms with Gasteiger partial charge in [-0.15, -0.1) is 0 Å². The Hall–Kier alpha value is -3.19. The summed E-state index contributed by atoms with van der Waals surface area (Å²) in [6.45, 7) is 1.47. The Bertz CT molecular complexity index is 1060. The maximum Gasteiger partial charge on any atom is 0.223 e. The van der Waals surface area contributed by atoms with Crippen molar-refractivity contribution in [2.24, 2.45) is 0 Å². The van der Waals surface area contributed by atoms with Crippen molar-refractivity contribution in [3.8, 4) is 28.3 Å². The Morgan fingerprint density at radius 3 is 2.48 bits per heavy atom. The predicted molar refractivity (Wildman–Crippen MR) is 96.2 cm³/mol. The average molecular weight is 373 g/mol. The molecule has 0 aliphatic rings. The Morgan fingerprint density at radius 1 is 1.07 bits per heavy atom. The molecule has 2 aromatic carbocycles. The smallest absolute Gasteiger partial charge is 0.223 e. The highest BCUT2D eigenvalue weighted by Gasteiger charge is 2.16. The maximum atomic E-state index is 14.3. The molecule has 3 rings (SSSR count). The van der Waals surface area contributed by atoms with Crippen molar-refractivity contribution >= 4 is 0 Å². The third kappa shape index (κ3) is 3.54. The zero-order valence-electron chi connectivity index (χ0n) is 14.6. The van der Waals surface area contributed by atoms with Gasteiger partial charge in [-0.25, -0.2) is 8.78 Å². The first-order valence-electron chi connectivity index (χ1n) is 8.09. The van der Waals surface area contributed by atoms with Crippen molar-refractivity contribution < 1.29 is 23.7 Å². The van der Waals surface area contributed by atoms with E-state index in [1.165, 1.54) is 24.7 Å². The van der Waals surface area contributed by atoms with Crippen LogP contribution in [0.25, 0.3) is 16.8 Å². The van der Waals surface area contributed by atoms with Gasteiger partial charge in [0.1, 0.15) is 17.4 Å². The van der Waals surface area contributed by atoms with Gasteiger partial charge in [0.15, 0.2) is 5.75 Å². The summed E-state index contributed by atoms with van der Waals surface area (Å²) in [5.74, 6) is -1.43. The molecule has 0 fully saturated rings. The van der Waals surface area contributed by atoms with E-state index in [1.807, 2.05) is 0 Å². The predicted octanol–water partition coefficient (Wildman–Crippen LogP) is 3.55. The molecule has 0 radical (unpaired) electrons. The van der Waals surface area contributed by atoms with Crippen LogP contribution in [0.3, 0.4) is 0 Å². The molecule has 0 bridgehead atoms. The fraction of sp³-hybridized carbons (Fsp3) is 0.150. The van der Waals surface area contributed by atoms with Gasteiger partial charge in [0.05, 0.1) is 25.1 Å². The molecule has 0 spiro atoms. The number of hydrogen-bond donors (Lipinski definition) is 2. The number of aromatic nitrogens is 1. The van der Waals surface area contributed by atoms with E-state index in [2.05, 4.69) is 0 Å². The van der Waals surface area contributed by atoms with Crippen molar-refractivity contribution in [3.05, 3.63) is 76.2 Å². The Kier molecular flexibility index (Phi) is 4.96. The van der Waals surface area contributed by atoms with Crippen LogP contribution in [0.15, 0.2) is 53.5 Å². The van der Waals surface area contributed by atoms with E-state index in [4.69, 9.17) is 4.74 Å². The number of aromatic hydroxyl groups is 1. The molecule has 1 heterocycles. The normalized spacial score (nSPS) is 12.0. The van der Waals surface area contributed by atoms with Crippen LogP contribution in [-0.4, -0.2) is 21.9 Å². The molecule has 1 unspecified atom stereocenters. The molecule has 1 aromatic heterocycles. The molecule has 0 aliphatic carbocycles. The van der Waals surface area contributed by atoms with Crippen LogP contribution in [0.2, 0.25) is 0 Å². The third-order valence-electron chi connectivity index (χ3n) is 4.17. The Morgan fingerprint density at radius 2 is 1.81 bits per heavy atom. The van der Waals surface area contributed by atoms with E-state index < -0.39 is 28.9 Å². The summed E-state index contributed by atoms with van der Waals surface area (Å²) >= 11 is 0. The number of benzene rings is 2. The van der Waals surface area contributed by atoms with Crippen LogP contribution >= 0.6 is 0 Å². The number of hydrogen-bond acceptors (Lipinski definition) is 4. The second-order valence-electron chi connectivity index (χ2n) is 6.00. The largest absolute Gasteiger partial charge is 0.503 e. The van der Waals surface area contributed by atoms with E-state index in [0.29, 0.717) is 11.4 Å². The SMILES string of the molecule is COc1ccc(-n2cc(O)c(=O)cc2C(C)O)cc1-c1cc(F)ccc1F. The van der Waals surface area contributed by atoms with Gasteiger partial charge in [-0.3, -0.25) is 4.79 Å². The summed E-state index contributed by atoms with van der Waals surface area (Å²) in [5, 5.41) is 19.8. The summed E-state index contributed by atoms with van der Waals surface area (Å²) in [6.07, 6.45) is 0.160. The molecule has 0 aliphatic heterocycles. The lowest BCUT2D eigenvalue weighted by atomic mass is 10.0. The second-order valence-corrected chi connectivity index (χ2v) is 6.00. The minimum absolute atomic E-state index is 0.00226. The Labute approximate surface area is 153 Å². The van der Waals surface area contributed by atoms with Gasteiger partial charge in [-0.1, -0.05) is 0 Å². The van der Waals surface area contributed by atoms with E-state index in [1.54, 1.807) is 12.1 Å². The van der Waals surface area contributed by atoms with Gasteiger partial charge in [-0.2, -0.15) is 0 Å². The van der Waals surface area contributed by atoms with E-state index >= 15 is 0 Å². The van der Waals surface area contributed by atoms with Gasteiger partial charge in [0, 0.05) is 22.9 Å². The quantitative estimate of drug-likeness (QED) is 0.734. The summed E-state index contributed by atoms with van der Waals surface area (Å²) in [7, 11) is 1.40. The molecule has 7 heteroatoms. The first-order chi connectivity index (χ1) is 12.8. The van der Waals surface area contributed by atoms with Gasteiger partial charge in [0.2, 0.25) is 5.43 Å². The molecule has 0 saturated heterocycles. The number of ether oxygens (including phenoxy) is 1. The number of nitrogens with zero attached hydrogens (tertiary/aromatic N) is 1. The highest BCUT2D eigenvalue weighted by atomic mass is 19.1. The fourth-order valence-corrected chi connectivity index (χ4v) is 2.84. The monoisotopic (exact) mass is 373 g/mol. The van der Waals surface area contributed by atoms with Crippen LogP contribution in [0, 0.1) is 11.6 Å². The number of pyridine rings is 1. The summed E-state index contributed by atoms with van der Waals surface area (Å²) < 4.78 is 34.6. The lowest BCUT2D eigenvalue weighted by Gasteiger charge is -2.18. The number of rotatable bonds is 4. The van der Waals surface area contributed by atoms with Crippen LogP contribution in [-0.2, 0) is 0 Å². The third-order valence-corrected chi connectivity index (χ3v) is 4.17. The maximum absolute atomic E-state index is 14.3. The van der Waals surface area contributed by atoms with Crippen LogP contribution in [0.4, 0.5) is 8.78 Å². The molecule has 0 saturated carbocycles. The van der Waals surface area contributed by atoms with E-state index in [9.17, 15) is 23.8 Å². The van der Waals surface area contributed by atoms with Crippen LogP contribution in [0.5, 0.6) is 11.5 Å². The number of halogens is 2. The van der Waals surface area contributed by atoms with Crippen molar-refractivity contribution in [3.63, 3.8) is 0 Å². The topological polar surface area (TPSA) is 71.7 Å². The average Bonchev–Trinajstić information content (AvgIpc) is 2.65. The number of methoxy groups -OCH3 is 1. The second kappa shape index (κ2) is 7.20. The van der Waals surface area contributed by atoms with Crippen molar-refractivity contribution in [1.82, 2.24) is 4.57 Å².